The van der Waals surface area contributed by atoms with Crippen LogP contribution < -0.4 is 5.73 Å². The number of aromatic nitrogens is 2. The van der Waals surface area contributed by atoms with Crippen LogP contribution in [0.15, 0.2) is 36.4 Å². The number of anilines is 1. The second kappa shape index (κ2) is 4.12. The molecule has 0 bridgehead atoms. The topological polar surface area (TPSA) is 43.8 Å². The van der Waals surface area contributed by atoms with E-state index in [0.717, 1.165) is 28.1 Å². The molecule has 3 rings (SSSR count). The van der Waals surface area contributed by atoms with Crippen molar-refractivity contribution in [3.8, 4) is 11.4 Å². The average Bonchev–Trinajstić information content (AvgIpc) is 2.68. The number of imidazole rings is 1. The molecule has 96 valence electrons. The van der Waals surface area contributed by atoms with Gasteiger partial charge in [-0.3, -0.25) is 0 Å². The number of aryl methyl sites for hydroxylation is 3. The molecule has 0 radical (unpaired) electrons. The predicted octanol–water partition coefficient (Wildman–Crippen LogP) is 3.44. The molecule has 0 fully saturated rings. The van der Waals surface area contributed by atoms with Gasteiger partial charge in [0.2, 0.25) is 0 Å². The maximum absolute atomic E-state index is 5.86. The van der Waals surface area contributed by atoms with Crippen molar-refractivity contribution in [3.05, 3.63) is 47.5 Å². The summed E-state index contributed by atoms with van der Waals surface area (Å²) >= 11 is 0. The second-order valence-corrected chi connectivity index (χ2v) is 5.07. The highest BCUT2D eigenvalue weighted by Gasteiger charge is 2.12. The summed E-state index contributed by atoms with van der Waals surface area (Å²) in [6.45, 7) is 4.21. The first-order valence-electron chi connectivity index (χ1n) is 6.36. The second-order valence-electron chi connectivity index (χ2n) is 5.07. The molecule has 0 atom stereocenters. The molecule has 1 aromatic heterocycles. The van der Waals surface area contributed by atoms with E-state index >= 15 is 0 Å². The van der Waals surface area contributed by atoms with Gasteiger partial charge in [-0.25, -0.2) is 4.98 Å². The highest BCUT2D eigenvalue weighted by Crippen LogP contribution is 2.27. The standard InChI is InChI=1S/C16H17N3/c1-10-7-11(2)15-14(8-10)19(3)16(18-15)12-5-4-6-13(17)9-12/h4-9H,17H2,1-3H3. The Bertz CT molecular complexity index is 769. The lowest BCUT2D eigenvalue weighted by molar-refractivity contribution is 0.959. The Morgan fingerprint density at radius 3 is 2.63 bits per heavy atom. The summed E-state index contributed by atoms with van der Waals surface area (Å²) in [5.74, 6) is 0.955. The van der Waals surface area contributed by atoms with E-state index in [2.05, 4.69) is 30.5 Å². The number of hydrogen-bond donors (Lipinski definition) is 1. The zero-order chi connectivity index (χ0) is 13.6. The van der Waals surface area contributed by atoms with Crippen LogP contribution in [0.3, 0.4) is 0 Å². The van der Waals surface area contributed by atoms with Gasteiger partial charge < -0.3 is 10.3 Å². The fourth-order valence-electron chi connectivity index (χ4n) is 2.57. The molecule has 3 aromatic rings. The molecule has 0 aliphatic heterocycles. The first kappa shape index (κ1) is 11.8. The molecular formula is C16H17N3. The van der Waals surface area contributed by atoms with Crippen LogP contribution in [0.2, 0.25) is 0 Å². The summed E-state index contributed by atoms with van der Waals surface area (Å²) in [6.07, 6.45) is 0. The van der Waals surface area contributed by atoms with Gasteiger partial charge >= 0.3 is 0 Å². The highest BCUT2D eigenvalue weighted by molar-refractivity contribution is 5.84. The van der Waals surface area contributed by atoms with Gasteiger partial charge in [0.1, 0.15) is 5.82 Å². The Morgan fingerprint density at radius 2 is 1.89 bits per heavy atom. The van der Waals surface area contributed by atoms with E-state index in [4.69, 9.17) is 10.7 Å². The van der Waals surface area contributed by atoms with Crippen molar-refractivity contribution in [3.63, 3.8) is 0 Å². The molecule has 0 saturated carbocycles. The zero-order valence-electron chi connectivity index (χ0n) is 11.4. The molecular weight excluding hydrogens is 234 g/mol. The van der Waals surface area contributed by atoms with Crippen molar-refractivity contribution in [2.75, 3.05) is 5.73 Å². The lowest BCUT2D eigenvalue weighted by Gasteiger charge is -2.03. The number of nitrogen functional groups attached to an aromatic ring is 1. The fraction of sp³-hybridized carbons (Fsp3) is 0.188. The Morgan fingerprint density at radius 1 is 1.11 bits per heavy atom. The average molecular weight is 251 g/mol. The quantitative estimate of drug-likeness (QED) is 0.673. The van der Waals surface area contributed by atoms with Crippen molar-refractivity contribution < 1.29 is 0 Å². The minimum absolute atomic E-state index is 0.762. The third kappa shape index (κ3) is 1.87. The van der Waals surface area contributed by atoms with Crippen LogP contribution in [0, 0.1) is 13.8 Å². The number of rotatable bonds is 1. The minimum Gasteiger partial charge on any atom is -0.399 e. The molecule has 1 heterocycles. The van der Waals surface area contributed by atoms with Crippen LogP contribution in [0.4, 0.5) is 5.69 Å². The first-order valence-corrected chi connectivity index (χ1v) is 6.36. The van der Waals surface area contributed by atoms with Gasteiger partial charge in [-0.15, -0.1) is 0 Å². The van der Waals surface area contributed by atoms with Crippen LogP contribution in [-0.2, 0) is 7.05 Å². The predicted molar refractivity (Wildman–Crippen MR) is 80.0 cm³/mol. The van der Waals surface area contributed by atoms with E-state index in [1.807, 2.05) is 31.3 Å². The number of nitrogens with zero attached hydrogens (tertiary/aromatic N) is 2. The number of benzene rings is 2. The van der Waals surface area contributed by atoms with Gasteiger partial charge in [0, 0.05) is 18.3 Å². The molecule has 0 aliphatic carbocycles. The smallest absolute Gasteiger partial charge is 0.140 e. The van der Waals surface area contributed by atoms with Crippen molar-refractivity contribution in [2.24, 2.45) is 7.05 Å². The lowest BCUT2D eigenvalue weighted by Crippen LogP contribution is -1.93. The summed E-state index contributed by atoms with van der Waals surface area (Å²) < 4.78 is 2.13. The normalized spacial score (nSPS) is 11.1. The summed E-state index contributed by atoms with van der Waals surface area (Å²) in [5.41, 5.74) is 12.4. The maximum Gasteiger partial charge on any atom is 0.140 e. The molecule has 0 aliphatic rings. The van der Waals surface area contributed by atoms with E-state index < -0.39 is 0 Å². The molecule has 3 nitrogen and oxygen atoms in total. The maximum atomic E-state index is 5.86. The van der Waals surface area contributed by atoms with Gasteiger partial charge in [-0.2, -0.15) is 0 Å². The first-order chi connectivity index (χ1) is 9.06. The third-order valence-electron chi connectivity index (χ3n) is 3.47. The molecule has 3 heteroatoms. The third-order valence-corrected chi connectivity index (χ3v) is 3.47. The SMILES string of the molecule is Cc1cc(C)c2nc(-c3cccc(N)c3)n(C)c2c1. The number of nitrogens with two attached hydrogens (primary N) is 1. The van der Waals surface area contributed by atoms with Crippen molar-refractivity contribution in [2.45, 2.75) is 13.8 Å². The number of hydrogen-bond acceptors (Lipinski definition) is 2. The van der Waals surface area contributed by atoms with Gasteiger partial charge in [0.05, 0.1) is 11.0 Å². The Hall–Kier alpha value is -2.29. The molecule has 19 heavy (non-hydrogen) atoms. The van der Waals surface area contributed by atoms with Gasteiger partial charge in [-0.1, -0.05) is 18.2 Å². The Labute approximate surface area is 112 Å². The molecule has 2 N–H and O–H groups in total. The van der Waals surface area contributed by atoms with E-state index in [-0.39, 0.29) is 0 Å². The van der Waals surface area contributed by atoms with E-state index in [0.29, 0.717) is 0 Å². The van der Waals surface area contributed by atoms with Crippen molar-refractivity contribution >= 4 is 16.7 Å². The van der Waals surface area contributed by atoms with Crippen molar-refractivity contribution in [1.82, 2.24) is 9.55 Å². The zero-order valence-corrected chi connectivity index (χ0v) is 11.4. The van der Waals surface area contributed by atoms with Gasteiger partial charge in [0.25, 0.3) is 0 Å². The van der Waals surface area contributed by atoms with Gasteiger partial charge in [0.15, 0.2) is 0 Å². The largest absolute Gasteiger partial charge is 0.399 e. The summed E-state index contributed by atoms with van der Waals surface area (Å²) in [4.78, 5) is 4.77. The minimum atomic E-state index is 0.762. The van der Waals surface area contributed by atoms with Gasteiger partial charge in [-0.05, 0) is 43.2 Å². The lowest BCUT2D eigenvalue weighted by atomic mass is 10.1. The van der Waals surface area contributed by atoms with Crippen molar-refractivity contribution in [1.29, 1.82) is 0 Å². The van der Waals surface area contributed by atoms with Crippen LogP contribution >= 0.6 is 0 Å². The monoisotopic (exact) mass is 251 g/mol. The van der Waals surface area contributed by atoms with E-state index in [1.54, 1.807) is 0 Å². The fourth-order valence-corrected chi connectivity index (χ4v) is 2.57. The molecule has 0 spiro atoms. The van der Waals surface area contributed by atoms with Crippen LogP contribution in [0.25, 0.3) is 22.4 Å². The molecule has 0 saturated heterocycles. The molecule has 0 unspecified atom stereocenters. The number of fused-ring (bicyclic) bond motifs is 1. The van der Waals surface area contributed by atoms with E-state index in [9.17, 15) is 0 Å². The highest BCUT2D eigenvalue weighted by atomic mass is 15.1. The summed E-state index contributed by atoms with van der Waals surface area (Å²) in [7, 11) is 2.05. The Kier molecular flexibility index (Phi) is 2.56. The summed E-state index contributed by atoms with van der Waals surface area (Å²) in [5, 5.41) is 0. The Balaban J connectivity index is 2.31. The summed E-state index contributed by atoms with van der Waals surface area (Å²) in [6, 6.07) is 12.2. The van der Waals surface area contributed by atoms with E-state index in [1.165, 1.54) is 11.1 Å². The van der Waals surface area contributed by atoms with Crippen LogP contribution in [0.5, 0.6) is 0 Å². The molecule has 0 amide bonds. The van der Waals surface area contributed by atoms with Crippen LogP contribution in [-0.4, -0.2) is 9.55 Å². The molecule has 2 aromatic carbocycles. The van der Waals surface area contributed by atoms with Crippen LogP contribution in [0.1, 0.15) is 11.1 Å².